The lowest BCUT2D eigenvalue weighted by molar-refractivity contribution is 0.0983. The van der Waals surface area contributed by atoms with E-state index in [2.05, 4.69) is 43.9 Å². The Morgan fingerprint density at radius 2 is 1.89 bits per heavy atom. The standard InChI is InChI=1S/C17H28N2/c1-13-10-14(2)12-16(11-13)15(3)19-9-5-4-6-17(19)7-8-18/h10-12,15,17H,4-9,18H2,1-3H3. The number of nitrogens with two attached hydrogens (primary N) is 1. The molecule has 2 unspecified atom stereocenters. The summed E-state index contributed by atoms with van der Waals surface area (Å²) in [6.45, 7) is 8.76. The monoisotopic (exact) mass is 260 g/mol. The molecule has 0 saturated carbocycles. The molecular weight excluding hydrogens is 232 g/mol. The van der Waals surface area contributed by atoms with Crippen LogP contribution in [0.3, 0.4) is 0 Å². The van der Waals surface area contributed by atoms with Crippen molar-refractivity contribution in [3.8, 4) is 0 Å². The van der Waals surface area contributed by atoms with Gasteiger partial charge in [0.1, 0.15) is 0 Å². The van der Waals surface area contributed by atoms with Crippen LogP contribution in [0.1, 0.15) is 55.3 Å². The van der Waals surface area contributed by atoms with Crippen molar-refractivity contribution in [3.63, 3.8) is 0 Å². The number of likely N-dealkylation sites (tertiary alicyclic amines) is 1. The van der Waals surface area contributed by atoms with Crippen LogP contribution >= 0.6 is 0 Å². The summed E-state index contributed by atoms with van der Waals surface area (Å²) in [7, 11) is 0. The predicted molar refractivity (Wildman–Crippen MR) is 82.3 cm³/mol. The van der Waals surface area contributed by atoms with Gasteiger partial charge in [0.25, 0.3) is 0 Å². The Bertz CT molecular complexity index is 391. The first-order valence-electron chi connectivity index (χ1n) is 7.66. The number of benzene rings is 1. The molecule has 106 valence electrons. The van der Waals surface area contributed by atoms with Gasteiger partial charge in [0.2, 0.25) is 0 Å². The quantitative estimate of drug-likeness (QED) is 0.896. The van der Waals surface area contributed by atoms with Gasteiger partial charge in [0, 0.05) is 12.1 Å². The van der Waals surface area contributed by atoms with Gasteiger partial charge in [-0.15, -0.1) is 0 Å². The molecule has 0 radical (unpaired) electrons. The smallest absolute Gasteiger partial charge is 0.0323 e. The minimum Gasteiger partial charge on any atom is -0.330 e. The summed E-state index contributed by atoms with van der Waals surface area (Å²) in [5, 5.41) is 0. The first-order valence-corrected chi connectivity index (χ1v) is 7.66. The van der Waals surface area contributed by atoms with Crippen molar-refractivity contribution >= 4 is 0 Å². The maximum atomic E-state index is 5.78. The molecule has 1 aliphatic heterocycles. The lowest BCUT2D eigenvalue weighted by Crippen LogP contribution is -2.42. The van der Waals surface area contributed by atoms with Crippen LogP contribution in [0.5, 0.6) is 0 Å². The second kappa shape index (κ2) is 6.53. The second-order valence-corrected chi connectivity index (χ2v) is 6.06. The van der Waals surface area contributed by atoms with Gasteiger partial charge in [-0.25, -0.2) is 0 Å². The Morgan fingerprint density at radius 1 is 1.21 bits per heavy atom. The number of aryl methyl sites for hydroxylation is 2. The predicted octanol–water partition coefficient (Wildman–Crippen LogP) is 3.57. The topological polar surface area (TPSA) is 29.3 Å². The molecule has 0 aromatic heterocycles. The summed E-state index contributed by atoms with van der Waals surface area (Å²) in [6.07, 6.45) is 5.14. The number of nitrogens with zero attached hydrogens (tertiary/aromatic N) is 1. The Hall–Kier alpha value is -0.860. The molecule has 2 heteroatoms. The fraction of sp³-hybridized carbons (Fsp3) is 0.647. The van der Waals surface area contributed by atoms with Crippen molar-refractivity contribution in [2.75, 3.05) is 13.1 Å². The Balaban J connectivity index is 2.18. The number of hydrogen-bond acceptors (Lipinski definition) is 2. The SMILES string of the molecule is Cc1cc(C)cc(C(C)N2CCCCC2CCN)c1. The van der Waals surface area contributed by atoms with E-state index in [1.165, 1.54) is 42.5 Å². The molecule has 0 spiro atoms. The summed E-state index contributed by atoms with van der Waals surface area (Å²) >= 11 is 0. The molecule has 2 N–H and O–H groups in total. The van der Waals surface area contributed by atoms with E-state index in [4.69, 9.17) is 5.73 Å². The molecule has 1 aromatic rings. The van der Waals surface area contributed by atoms with Gasteiger partial charge < -0.3 is 5.73 Å². The molecule has 1 saturated heterocycles. The number of hydrogen-bond donors (Lipinski definition) is 1. The molecule has 1 aliphatic rings. The zero-order valence-corrected chi connectivity index (χ0v) is 12.7. The fourth-order valence-corrected chi connectivity index (χ4v) is 3.48. The Labute approximate surface area is 118 Å². The molecule has 1 fully saturated rings. The molecule has 0 bridgehead atoms. The van der Waals surface area contributed by atoms with Gasteiger partial charge >= 0.3 is 0 Å². The summed E-state index contributed by atoms with van der Waals surface area (Å²) in [5.41, 5.74) is 9.98. The maximum absolute atomic E-state index is 5.78. The van der Waals surface area contributed by atoms with Crippen LogP contribution in [0, 0.1) is 13.8 Å². The second-order valence-electron chi connectivity index (χ2n) is 6.06. The Kier molecular flexibility index (Phi) is 5.00. The van der Waals surface area contributed by atoms with E-state index in [1.54, 1.807) is 0 Å². The normalized spacial score (nSPS) is 22.4. The van der Waals surface area contributed by atoms with E-state index in [1.807, 2.05) is 0 Å². The highest BCUT2D eigenvalue weighted by Gasteiger charge is 2.26. The molecule has 1 heterocycles. The summed E-state index contributed by atoms with van der Waals surface area (Å²) < 4.78 is 0. The minimum absolute atomic E-state index is 0.510. The van der Waals surface area contributed by atoms with Gasteiger partial charge in [-0.1, -0.05) is 35.7 Å². The highest BCUT2D eigenvalue weighted by atomic mass is 15.2. The van der Waals surface area contributed by atoms with Crippen molar-refractivity contribution in [1.29, 1.82) is 0 Å². The van der Waals surface area contributed by atoms with Crippen LogP contribution in [-0.2, 0) is 0 Å². The van der Waals surface area contributed by atoms with Crippen molar-refractivity contribution in [2.45, 2.75) is 58.5 Å². The molecule has 1 aromatic carbocycles. The highest BCUT2D eigenvalue weighted by Crippen LogP contribution is 2.30. The van der Waals surface area contributed by atoms with Crippen LogP contribution in [0.25, 0.3) is 0 Å². The van der Waals surface area contributed by atoms with Crippen LogP contribution in [0.2, 0.25) is 0 Å². The minimum atomic E-state index is 0.510. The van der Waals surface area contributed by atoms with Gasteiger partial charge in [-0.3, -0.25) is 4.90 Å². The molecule has 2 rings (SSSR count). The zero-order chi connectivity index (χ0) is 13.8. The van der Waals surface area contributed by atoms with Crippen molar-refractivity contribution in [3.05, 3.63) is 34.9 Å². The molecule has 19 heavy (non-hydrogen) atoms. The van der Waals surface area contributed by atoms with E-state index >= 15 is 0 Å². The third-order valence-corrected chi connectivity index (χ3v) is 4.40. The van der Waals surface area contributed by atoms with Gasteiger partial charge in [0.05, 0.1) is 0 Å². The molecule has 0 aliphatic carbocycles. The molecule has 2 nitrogen and oxygen atoms in total. The van der Waals surface area contributed by atoms with E-state index in [9.17, 15) is 0 Å². The first kappa shape index (κ1) is 14.5. The van der Waals surface area contributed by atoms with Gasteiger partial charge in [0.15, 0.2) is 0 Å². The van der Waals surface area contributed by atoms with Crippen LogP contribution in [-0.4, -0.2) is 24.0 Å². The maximum Gasteiger partial charge on any atom is 0.0323 e. The summed E-state index contributed by atoms with van der Waals surface area (Å²) in [6, 6.07) is 8.12. The lowest BCUT2D eigenvalue weighted by atomic mass is 9.94. The summed E-state index contributed by atoms with van der Waals surface area (Å²) in [5.74, 6) is 0. The third kappa shape index (κ3) is 3.58. The molecule has 0 amide bonds. The first-order chi connectivity index (χ1) is 9.11. The van der Waals surface area contributed by atoms with Crippen LogP contribution < -0.4 is 5.73 Å². The number of piperidine rings is 1. The fourth-order valence-electron chi connectivity index (χ4n) is 3.48. The number of rotatable bonds is 4. The lowest BCUT2D eigenvalue weighted by Gasteiger charge is -2.40. The third-order valence-electron chi connectivity index (χ3n) is 4.40. The van der Waals surface area contributed by atoms with E-state index in [0.29, 0.717) is 12.1 Å². The van der Waals surface area contributed by atoms with E-state index in [0.717, 1.165) is 13.0 Å². The van der Waals surface area contributed by atoms with Crippen molar-refractivity contribution < 1.29 is 0 Å². The van der Waals surface area contributed by atoms with Gasteiger partial charge in [-0.2, -0.15) is 0 Å². The van der Waals surface area contributed by atoms with Crippen LogP contribution in [0.4, 0.5) is 0 Å². The summed E-state index contributed by atoms with van der Waals surface area (Å²) in [4.78, 5) is 2.67. The van der Waals surface area contributed by atoms with Gasteiger partial charge in [-0.05, 0) is 58.7 Å². The van der Waals surface area contributed by atoms with Crippen LogP contribution in [0.15, 0.2) is 18.2 Å². The van der Waals surface area contributed by atoms with Crippen molar-refractivity contribution in [2.24, 2.45) is 5.73 Å². The largest absolute Gasteiger partial charge is 0.330 e. The molecular formula is C17H28N2. The zero-order valence-electron chi connectivity index (χ0n) is 12.7. The highest BCUT2D eigenvalue weighted by molar-refractivity contribution is 5.30. The molecule has 2 atom stereocenters. The van der Waals surface area contributed by atoms with E-state index < -0.39 is 0 Å². The average molecular weight is 260 g/mol. The van der Waals surface area contributed by atoms with Crippen molar-refractivity contribution in [1.82, 2.24) is 4.90 Å². The van der Waals surface area contributed by atoms with E-state index in [-0.39, 0.29) is 0 Å². The average Bonchev–Trinajstić information content (AvgIpc) is 2.38. The Morgan fingerprint density at radius 3 is 2.53 bits per heavy atom.